The third kappa shape index (κ3) is 1.96. The van der Waals surface area contributed by atoms with Crippen molar-refractivity contribution in [3.63, 3.8) is 0 Å². The highest BCUT2D eigenvalue weighted by Gasteiger charge is 1.98. The van der Waals surface area contributed by atoms with Crippen molar-refractivity contribution >= 4 is 15.9 Å². The maximum atomic E-state index is 5.14. The van der Waals surface area contributed by atoms with Crippen molar-refractivity contribution in [3.05, 3.63) is 28.2 Å². The number of methoxy groups -OCH3 is 1. The summed E-state index contributed by atoms with van der Waals surface area (Å²) >= 11 is 3.39. The van der Waals surface area contributed by atoms with Gasteiger partial charge in [-0.05, 0) is 40.0 Å². The van der Waals surface area contributed by atoms with Gasteiger partial charge >= 0.3 is 0 Å². The minimum atomic E-state index is 0.907. The van der Waals surface area contributed by atoms with Crippen molar-refractivity contribution in [2.24, 2.45) is 0 Å². The van der Waals surface area contributed by atoms with Gasteiger partial charge in [0.25, 0.3) is 0 Å². The molecule has 0 radical (unpaired) electrons. The van der Waals surface area contributed by atoms with E-state index in [1.165, 1.54) is 5.56 Å². The predicted molar refractivity (Wildman–Crippen MR) is 50.1 cm³/mol. The van der Waals surface area contributed by atoms with E-state index in [0.29, 0.717) is 0 Å². The van der Waals surface area contributed by atoms with Crippen LogP contribution in [-0.2, 0) is 6.42 Å². The normalized spacial score (nSPS) is 9.73. The van der Waals surface area contributed by atoms with Gasteiger partial charge in [0.1, 0.15) is 5.75 Å². The lowest BCUT2D eigenvalue weighted by Gasteiger charge is -2.04. The molecule has 0 aliphatic rings. The standard InChI is InChI=1S/C9H11BrO/c1-3-7-4-5-8(10)9(6-7)11-2/h4-6H,3H2,1-2H3. The molecule has 0 fully saturated rings. The van der Waals surface area contributed by atoms with E-state index in [1.807, 2.05) is 12.1 Å². The molecule has 0 aliphatic heterocycles. The van der Waals surface area contributed by atoms with Crippen LogP contribution >= 0.6 is 15.9 Å². The molecule has 0 bridgehead atoms. The van der Waals surface area contributed by atoms with Crippen LogP contribution in [0.2, 0.25) is 0 Å². The molecule has 2 heteroatoms. The summed E-state index contributed by atoms with van der Waals surface area (Å²) in [5, 5.41) is 0. The predicted octanol–water partition coefficient (Wildman–Crippen LogP) is 3.02. The van der Waals surface area contributed by atoms with Crippen LogP contribution in [0.15, 0.2) is 22.7 Å². The Morgan fingerprint density at radius 2 is 2.18 bits per heavy atom. The molecule has 1 nitrogen and oxygen atoms in total. The Hall–Kier alpha value is -0.500. The van der Waals surface area contributed by atoms with Crippen LogP contribution in [0.4, 0.5) is 0 Å². The Morgan fingerprint density at radius 3 is 2.73 bits per heavy atom. The van der Waals surface area contributed by atoms with Crippen LogP contribution in [-0.4, -0.2) is 7.11 Å². The Morgan fingerprint density at radius 1 is 1.45 bits per heavy atom. The Labute approximate surface area is 75.5 Å². The van der Waals surface area contributed by atoms with Gasteiger partial charge in [-0.25, -0.2) is 0 Å². The van der Waals surface area contributed by atoms with Crippen molar-refractivity contribution in [2.75, 3.05) is 7.11 Å². The van der Waals surface area contributed by atoms with Gasteiger partial charge in [-0.3, -0.25) is 0 Å². The summed E-state index contributed by atoms with van der Waals surface area (Å²) in [6.45, 7) is 2.13. The summed E-state index contributed by atoms with van der Waals surface area (Å²) in [5.41, 5.74) is 1.30. The summed E-state index contributed by atoms with van der Waals surface area (Å²) in [6, 6.07) is 6.15. The van der Waals surface area contributed by atoms with E-state index >= 15 is 0 Å². The second kappa shape index (κ2) is 3.77. The number of rotatable bonds is 2. The van der Waals surface area contributed by atoms with Gasteiger partial charge in [-0.1, -0.05) is 13.0 Å². The third-order valence-corrected chi connectivity index (χ3v) is 2.28. The van der Waals surface area contributed by atoms with Crippen LogP contribution in [0.5, 0.6) is 5.75 Å². The topological polar surface area (TPSA) is 9.23 Å². The first-order valence-electron chi connectivity index (χ1n) is 3.60. The summed E-state index contributed by atoms with van der Waals surface area (Å²) < 4.78 is 6.15. The number of hydrogen-bond acceptors (Lipinski definition) is 1. The highest BCUT2D eigenvalue weighted by atomic mass is 79.9. The molecular weight excluding hydrogens is 204 g/mol. The molecule has 0 spiro atoms. The zero-order valence-corrected chi connectivity index (χ0v) is 8.31. The molecule has 11 heavy (non-hydrogen) atoms. The molecule has 1 aromatic rings. The van der Waals surface area contributed by atoms with E-state index in [-0.39, 0.29) is 0 Å². The monoisotopic (exact) mass is 214 g/mol. The molecular formula is C9H11BrO. The second-order valence-electron chi connectivity index (χ2n) is 2.32. The quantitative estimate of drug-likeness (QED) is 0.736. The zero-order valence-electron chi connectivity index (χ0n) is 6.73. The van der Waals surface area contributed by atoms with Gasteiger partial charge < -0.3 is 4.74 Å². The Kier molecular flexibility index (Phi) is 2.94. The van der Waals surface area contributed by atoms with Gasteiger partial charge in [-0.15, -0.1) is 0 Å². The number of benzene rings is 1. The molecule has 0 amide bonds. The molecule has 0 atom stereocenters. The molecule has 1 rings (SSSR count). The SMILES string of the molecule is CCc1ccc(Br)c(OC)c1. The summed E-state index contributed by atoms with van der Waals surface area (Å²) in [7, 11) is 1.68. The average Bonchev–Trinajstić information content (AvgIpc) is 2.05. The van der Waals surface area contributed by atoms with E-state index in [0.717, 1.165) is 16.6 Å². The third-order valence-electron chi connectivity index (χ3n) is 1.62. The van der Waals surface area contributed by atoms with Crippen LogP contribution in [0.3, 0.4) is 0 Å². The minimum absolute atomic E-state index is 0.907. The second-order valence-corrected chi connectivity index (χ2v) is 3.18. The number of halogens is 1. The minimum Gasteiger partial charge on any atom is -0.496 e. The molecule has 0 N–H and O–H groups in total. The number of hydrogen-bond donors (Lipinski definition) is 0. The van der Waals surface area contributed by atoms with E-state index in [9.17, 15) is 0 Å². The molecule has 60 valence electrons. The maximum Gasteiger partial charge on any atom is 0.133 e. The fourth-order valence-electron chi connectivity index (χ4n) is 0.924. The van der Waals surface area contributed by atoms with Gasteiger partial charge in [0.05, 0.1) is 11.6 Å². The first kappa shape index (κ1) is 8.60. The van der Waals surface area contributed by atoms with E-state index < -0.39 is 0 Å². The number of ether oxygens (including phenoxy) is 1. The van der Waals surface area contributed by atoms with Crippen molar-refractivity contribution in [2.45, 2.75) is 13.3 Å². The molecule has 0 unspecified atom stereocenters. The molecule has 0 aliphatic carbocycles. The Bertz CT molecular complexity index is 245. The first-order chi connectivity index (χ1) is 5.27. The molecule has 0 aromatic heterocycles. The van der Waals surface area contributed by atoms with Gasteiger partial charge in [-0.2, -0.15) is 0 Å². The summed E-state index contributed by atoms with van der Waals surface area (Å²) in [4.78, 5) is 0. The van der Waals surface area contributed by atoms with E-state index in [2.05, 4.69) is 28.9 Å². The lowest BCUT2D eigenvalue weighted by atomic mass is 10.2. The average molecular weight is 215 g/mol. The Balaban J connectivity index is 3.02. The molecule has 0 heterocycles. The van der Waals surface area contributed by atoms with Gasteiger partial charge in [0.2, 0.25) is 0 Å². The smallest absolute Gasteiger partial charge is 0.133 e. The first-order valence-corrected chi connectivity index (χ1v) is 4.39. The molecule has 0 saturated carbocycles. The van der Waals surface area contributed by atoms with Crippen LogP contribution < -0.4 is 4.74 Å². The fraction of sp³-hybridized carbons (Fsp3) is 0.333. The van der Waals surface area contributed by atoms with Gasteiger partial charge in [0.15, 0.2) is 0 Å². The lowest BCUT2D eigenvalue weighted by molar-refractivity contribution is 0.411. The van der Waals surface area contributed by atoms with Crippen molar-refractivity contribution in [1.29, 1.82) is 0 Å². The van der Waals surface area contributed by atoms with Crippen LogP contribution in [0.1, 0.15) is 12.5 Å². The zero-order chi connectivity index (χ0) is 8.27. The summed E-state index contributed by atoms with van der Waals surface area (Å²) in [6.07, 6.45) is 1.05. The largest absolute Gasteiger partial charge is 0.496 e. The van der Waals surface area contributed by atoms with E-state index in [4.69, 9.17) is 4.74 Å². The lowest BCUT2D eigenvalue weighted by Crippen LogP contribution is -1.86. The van der Waals surface area contributed by atoms with Crippen LogP contribution in [0, 0.1) is 0 Å². The molecule has 1 aromatic carbocycles. The fourth-order valence-corrected chi connectivity index (χ4v) is 1.33. The molecule has 0 saturated heterocycles. The maximum absolute atomic E-state index is 5.14. The highest BCUT2D eigenvalue weighted by molar-refractivity contribution is 9.10. The van der Waals surface area contributed by atoms with Crippen molar-refractivity contribution in [1.82, 2.24) is 0 Å². The highest BCUT2D eigenvalue weighted by Crippen LogP contribution is 2.25. The van der Waals surface area contributed by atoms with E-state index in [1.54, 1.807) is 7.11 Å². The summed E-state index contributed by atoms with van der Waals surface area (Å²) in [5.74, 6) is 0.907. The van der Waals surface area contributed by atoms with Gasteiger partial charge in [0, 0.05) is 0 Å². The van der Waals surface area contributed by atoms with Crippen molar-refractivity contribution < 1.29 is 4.74 Å². The number of aryl methyl sites for hydroxylation is 1. The van der Waals surface area contributed by atoms with Crippen molar-refractivity contribution in [3.8, 4) is 5.75 Å². The van der Waals surface area contributed by atoms with Crippen LogP contribution in [0.25, 0.3) is 0 Å².